The fourth-order valence-electron chi connectivity index (χ4n) is 4.62. The number of piperidine rings is 1. The molecule has 3 aliphatic heterocycles. The van der Waals surface area contributed by atoms with Gasteiger partial charge in [0.2, 0.25) is 5.91 Å². The monoisotopic (exact) mass is 364 g/mol. The molecule has 3 saturated heterocycles. The number of hydrogen-bond donors (Lipinski definition) is 0. The van der Waals surface area contributed by atoms with Crippen LogP contribution in [0, 0.1) is 23.0 Å². The number of amides is 1. The molecule has 6 heteroatoms. The summed E-state index contributed by atoms with van der Waals surface area (Å²) in [6, 6.07) is 3.88. The second-order valence-electron chi connectivity index (χ2n) is 8.21. The molecular weight excluding hydrogens is 338 g/mol. The number of rotatable bonds is 4. The standard InChI is InChI=1S/C20H26F2N2O2/c21-17-2-1-15(9-18(17)22)12-24-14-20(10-19(24)25)4-6-23(7-5-20)11-16-3-8-26-13-16/h1-2,9,16H,3-8,10-14H2. The number of benzene rings is 1. The van der Waals surface area contributed by atoms with Crippen molar-refractivity contribution in [1.29, 1.82) is 0 Å². The Hall–Kier alpha value is -1.53. The Kier molecular flexibility index (Phi) is 4.97. The summed E-state index contributed by atoms with van der Waals surface area (Å²) in [5, 5.41) is 0. The van der Waals surface area contributed by atoms with Gasteiger partial charge < -0.3 is 14.5 Å². The van der Waals surface area contributed by atoms with Gasteiger partial charge in [0.1, 0.15) is 0 Å². The summed E-state index contributed by atoms with van der Waals surface area (Å²) in [6.45, 7) is 6.01. The maximum absolute atomic E-state index is 13.4. The Labute approximate surface area is 153 Å². The average Bonchev–Trinajstić information content (AvgIpc) is 3.22. The van der Waals surface area contributed by atoms with E-state index in [1.165, 1.54) is 6.07 Å². The molecule has 3 heterocycles. The van der Waals surface area contributed by atoms with E-state index in [-0.39, 0.29) is 11.3 Å². The van der Waals surface area contributed by atoms with Crippen LogP contribution in [0.4, 0.5) is 8.78 Å². The maximum atomic E-state index is 13.4. The number of carbonyl (C=O) groups excluding carboxylic acids is 1. The van der Waals surface area contributed by atoms with Crippen molar-refractivity contribution in [3.05, 3.63) is 35.4 Å². The van der Waals surface area contributed by atoms with Gasteiger partial charge >= 0.3 is 0 Å². The molecule has 0 aromatic heterocycles. The van der Waals surface area contributed by atoms with Gasteiger partial charge in [-0.15, -0.1) is 0 Å². The van der Waals surface area contributed by atoms with Crippen molar-refractivity contribution in [3.8, 4) is 0 Å². The zero-order valence-electron chi connectivity index (χ0n) is 15.1. The summed E-state index contributed by atoms with van der Waals surface area (Å²) in [6.07, 6.45) is 3.79. The lowest BCUT2D eigenvalue weighted by molar-refractivity contribution is -0.128. The number of nitrogens with zero attached hydrogens (tertiary/aromatic N) is 2. The summed E-state index contributed by atoms with van der Waals surface area (Å²) in [7, 11) is 0. The second kappa shape index (κ2) is 7.24. The van der Waals surface area contributed by atoms with Crippen molar-refractivity contribution in [2.45, 2.75) is 32.2 Å². The summed E-state index contributed by atoms with van der Waals surface area (Å²) in [4.78, 5) is 16.8. The minimum atomic E-state index is -0.854. The highest BCUT2D eigenvalue weighted by Gasteiger charge is 2.44. The molecule has 1 aromatic rings. The van der Waals surface area contributed by atoms with E-state index in [0.717, 1.165) is 64.7 Å². The Morgan fingerprint density at radius 3 is 2.69 bits per heavy atom. The Balaban J connectivity index is 1.33. The second-order valence-corrected chi connectivity index (χ2v) is 8.21. The molecule has 0 bridgehead atoms. The molecule has 3 fully saturated rings. The van der Waals surface area contributed by atoms with Crippen LogP contribution < -0.4 is 0 Å². The first-order chi connectivity index (χ1) is 12.5. The van der Waals surface area contributed by atoms with E-state index in [0.29, 0.717) is 24.4 Å². The molecule has 1 amide bonds. The molecule has 1 spiro atoms. The van der Waals surface area contributed by atoms with E-state index in [9.17, 15) is 13.6 Å². The first-order valence-electron chi connectivity index (χ1n) is 9.55. The Morgan fingerprint density at radius 1 is 1.19 bits per heavy atom. The number of carbonyl (C=O) groups is 1. The third-order valence-electron chi connectivity index (χ3n) is 6.22. The van der Waals surface area contributed by atoms with Gasteiger partial charge in [-0.25, -0.2) is 8.78 Å². The summed E-state index contributed by atoms with van der Waals surface area (Å²) in [5.41, 5.74) is 0.700. The lowest BCUT2D eigenvalue weighted by Crippen LogP contribution is -2.43. The molecule has 142 valence electrons. The zero-order chi connectivity index (χ0) is 18.1. The fourth-order valence-corrected chi connectivity index (χ4v) is 4.62. The van der Waals surface area contributed by atoms with Crippen LogP contribution in [0.15, 0.2) is 18.2 Å². The molecule has 1 aromatic carbocycles. The predicted molar refractivity (Wildman–Crippen MR) is 93.4 cm³/mol. The quantitative estimate of drug-likeness (QED) is 0.824. The molecule has 4 rings (SSSR count). The molecule has 3 aliphatic rings. The van der Waals surface area contributed by atoms with E-state index in [2.05, 4.69) is 4.90 Å². The summed E-state index contributed by atoms with van der Waals surface area (Å²) < 4.78 is 32.0. The lowest BCUT2D eigenvalue weighted by Gasteiger charge is -2.39. The van der Waals surface area contributed by atoms with Crippen LogP contribution in [-0.2, 0) is 16.1 Å². The van der Waals surface area contributed by atoms with Crippen LogP contribution in [0.25, 0.3) is 0 Å². The van der Waals surface area contributed by atoms with Crippen LogP contribution >= 0.6 is 0 Å². The largest absolute Gasteiger partial charge is 0.381 e. The summed E-state index contributed by atoms with van der Waals surface area (Å²) in [5.74, 6) is -0.919. The molecule has 4 nitrogen and oxygen atoms in total. The average molecular weight is 364 g/mol. The van der Waals surface area contributed by atoms with E-state index in [1.807, 2.05) is 4.90 Å². The van der Waals surface area contributed by atoms with Crippen LogP contribution in [0.1, 0.15) is 31.2 Å². The first-order valence-corrected chi connectivity index (χ1v) is 9.55. The van der Waals surface area contributed by atoms with Gasteiger partial charge in [-0.3, -0.25) is 4.79 Å². The van der Waals surface area contributed by atoms with Crippen molar-refractivity contribution in [3.63, 3.8) is 0 Å². The fraction of sp³-hybridized carbons (Fsp3) is 0.650. The van der Waals surface area contributed by atoms with Crippen LogP contribution in [0.2, 0.25) is 0 Å². The SMILES string of the molecule is O=C1CC2(CCN(CC3CCOC3)CC2)CN1Cc1ccc(F)c(F)c1. The molecule has 0 N–H and O–H groups in total. The van der Waals surface area contributed by atoms with Gasteiger partial charge in [0.25, 0.3) is 0 Å². The number of ether oxygens (including phenoxy) is 1. The number of hydrogen-bond acceptors (Lipinski definition) is 3. The molecule has 26 heavy (non-hydrogen) atoms. The van der Waals surface area contributed by atoms with Gasteiger partial charge in [0, 0.05) is 32.7 Å². The van der Waals surface area contributed by atoms with Crippen molar-refractivity contribution >= 4 is 5.91 Å². The van der Waals surface area contributed by atoms with Crippen molar-refractivity contribution in [1.82, 2.24) is 9.80 Å². The molecule has 0 radical (unpaired) electrons. The highest BCUT2D eigenvalue weighted by atomic mass is 19.2. The molecule has 0 aliphatic carbocycles. The van der Waals surface area contributed by atoms with Crippen LogP contribution in [0.5, 0.6) is 0 Å². The van der Waals surface area contributed by atoms with Crippen molar-refractivity contribution in [2.75, 3.05) is 39.4 Å². The first kappa shape index (κ1) is 17.9. The third kappa shape index (κ3) is 3.76. The van der Waals surface area contributed by atoms with Crippen molar-refractivity contribution in [2.24, 2.45) is 11.3 Å². The minimum absolute atomic E-state index is 0.0539. The third-order valence-corrected chi connectivity index (χ3v) is 6.22. The number of halogens is 2. The lowest BCUT2D eigenvalue weighted by atomic mass is 9.77. The molecular formula is C20H26F2N2O2. The summed E-state index contributed by atoms with van der Waals surface area (Å²) >= 11 is 0. The van der Waals surface area contributed by atoms with Gasteiger partial charge in [0.15, 0.2) is 11.6 Å². The van der Waals surface area contributed by atoms with Crippen molar-refractivity contribution < 1.29 is 18.3 Å². The topological polar surface area (TPSA) is 32.8 Å². The van der Waals surface area contributed by atoms with E-state index < -0.39 is 11.6 Å². The van der Waals surface area contributed by atoms with Gasteiger partial charge in [-0.2, -0.15) is 0 Å². The highest BCUT2D eigenvalue weighted by Crippen LogP contribution is 2.41. The molecule has 0 saturated carbocycles. The number of likely N-dealkylation sites (tertiary alicyclic amines) is 2. The predicted octanol–water partition coefficient (Wildman–Crippen LogP) is 2.82. The molecule has 1 unspecified atom stereocenters. The molecule has 1 atom stereocenters. The van der Waals surface area contributed by atoms with E-state index in [4.69, 9.17) is 4.74 Å². The zero-order valence-corrected chi connectivity index (χ0v) is 15.1. The van der Waals surface area contributed by atoms with Gasteiger partial charge in [0.05, 0.1) is 6.61 Å². The van der Waals surface area contributed by atoms with E-state index >= 15 is 0 Å². The van der Waals surface area contributed by atoms with Gasteiger partial charge in [-0.05, 0) is 61.4 Å². The van der Waals surface area contributed by atoms with Crippen LogP contribution in [0.3, 0.4) is 0 Å². The maximum Gasteiger partial charge on any atom is 0.223 e. The van der Waals surface area contributed by atoms with E-state index in [1.54, 1.807) is 6.07 Å². The van der Waals surface area contributed by atoms with Gasteiger partial charge in [-0.1, -0.05) is 6.07 Å². The van der Waals surface area contributed by atoms with Crippen LogP contribution in [-0.4, -0.2) is 55.1 Å². The Bertz CT molecular complexity index is 668. The minimum Gasteiger partial charge on any atom is -0.381 e. The normalized spacial score (nSPS) is 26.2. The Morgan fingerprint density at radius 2 is 2.00 bits per heavy atom. The smallest absolute Gasteiger partial charge is 0.223 e. The highest BCUT2D eigenvalue weighted by molar-refractivity contribution is 5.79.